The summed E-state index contributed by atoms with van der Waals surface area (Å²) in [6.07, 6.45) is 0. The predicted octanol–water partition coefficient (Wildman–Crippen LogP) is 10.5. The van der Waals surface area contributed by atoms with Gasteiger partial charge in [0.2, 0.25) is 0 Å². The second-order valence-corrected chi connectivity index (χ2v) is 9.75. The number of hydrogen-bond donors (Lipinski definition) is 0. The van der Waals surface area contributed by atoms with E-state index in [1.54, 1.807) is 0 Å². The van der Waals surface area contributed by atoms with Gasteiger partial charge in [0, 0.05) is 27.6 Å². The second-order valence-electron chi connectivity index (χ2n) is 9.75. The average molecular weight is 487 g/mol. The number of furan rings is 2. The third-order valence-corrected chi connectivity index (χ3v) is 7.47. The Labute approximate surface area is 219 Å². The Morgan fingerprint density at radius 2 is 0.895 bits per heavy atom. The minimum atomic E-state index is 0.839. The van der Waals surface area contributed by atoms with Crippen molar-refractivity contribution >= 4 is 43.9 Å². The highest BCUT2D eigenvalue weighted by molar-refractivity contribution is 6.18. The van der Waals surface area contributed by atoms with E-state index in [1.807, 2.05) is 24.3 Å². The van der Waals surface area contributed by atoms with Crippen molar-refractivity contribution in [1.29, 1.82) is 0 Å². The van der Waals surface area contributed by atoms with Crippen LogP contribution in [0.4, 0.5) is 0 Å². The van der Waals surface area contributed by atoms with Gasteiger partial charge in [-0.15, -0.1) is 0 Å². The smallest absolute Gasteiger partial charge is 0.139 e. The Bertz CT molecular complexity index is 2130. The molecule has 38 heavy (non-hydrogen) atoms. The third-order valence-electron chi connectivity index (χ3n) is 7.47. The molecule has 2 heterocycles. The van der Waals surface area contributed by atoms with Crippen LogP contribution in [-0.2, 0) is 0 Å². The molecule has 0 fully saturated rings. The monoisotopic (exact) mass is 486 g/mol. The van der Waals surface area contributed by atoms with E-state index in [1.165, 1.54) is 22.3 Å². The van der Waals surface area contributed by atoms with Gasteiger partial charge in [-0.25, -0.2) is 0 Å². The largest absolute Gasteiger partial charge is 0.456 e. The fourth-order valence-corrected chi connectivity index (χ4v) is 5.66. The van der Waals surface area contributed by atoms with Gasteiger partial charge in [-0.2, -0.15) is 0 Å². The van der Waals surface area contributed by atoms with Crippen LogP contribution in [0, 0.1) is 0 Å². The van der Waals surface area contributed by atoms with Gasteiger partial charge in [-0.3, -0.25) is 0 Å². The standard InChI is InChI=1S/C36H22O2/c1-2-9-23(10-3-1)24-11-6-12-25(19-24)26-13-7-14-27(20-26)28-16-8-18-33-36(28)31-21-30-29-15-4-5-17-32(29)37-34(30)22-35(31)38-33/h1-22H. The molecule has 0 aliphatic heterocycles. The lowest BCUT2D eigenvalue weighted by Crippen LogP contribution is -1.84. The van der Waals surface area contributed by atoms with Crippen LogP contribution in [0.15, 0.2) is 142 Å². The molecule has 0 amide bonds. The molecule has 0 bridgehead atoms. The first kappa shape index (κ1) is 21.0. The van der Waals surface area contributed by atoms with E-state index in [2.05, 4.69) is 109 Å². The Kier molecular flexibility index (Phi) is 4.55. The molecular weight excluding hydrogens is 464 g/mol. The summed E-state index contributed by atoms with van der Waals surface area (Å²) in [5.74, 6) is 0. The Morgan fingerprint density at radius 3 is 1.74 bits per heavy atom. The summed E-state index contributed by atoms with van der Waals surface area (Å²) in [4.78, 5) is 0. The average Bonchev–Trinajstić information content (AvgIpc) is 3.54. The zero-order valence-corrected chi connectivity index (χ0v) is 20.5. The third kappa shape index (κ3) is 3.28. The van der Waals surface area contributed by atoms with Crippen molar-refractivity contribution in [3.05, 3.63) is 133 Å². The van der Waals surface area contributed by atoms with Gasteiger partial charge in [0.1, 0.15) is 22.3 Å². The summed E-state index contributed by atoms with van der Waals surface area (Å²) in [7, 11) is 0. The number of rotatable bonds is 3. The van der Waals surface area contributed by atoms with Gasteiger partial charge < -0.3 is 8.83 Å². The summed E-state index contributed by atoms with van der Waals surface area (Å²) < 4.78 is 12.5. The minimum absolute atomic E-state index is 0.839. The number of para-hydroxylation sites is 1. The second kappa shape index (κ2) is 8.22. The lowest BCUT2D eigenvalue weighted by Gasteiger charge is -2.09. The highest BCUT2D eigenvalue weighted by atomic mass is 16.3. The van der Waals surface area contributed by atoms with Crippen LogP contribution in [0.3, 0.4) is 0 Å². The van der Waals surface area contributed by atoms with Gasteiger partial charge in [0.15, 0.2) is 0 Å². The number of hydrogen-bond acceptors (Lipinski definition) is 2. The summed E-state index contributed by atoms with van der Waals surface area (Å²) in [6.45, 7) is 0. The molecule has 8 aromatic rings. The first-order valence-electron chi connectivity index (χ1n) is 12.8. The van der Waals surface area contributed by atoms with Crippen molar-refractivity contribution in [2.45, 2.75) is 0 Å². The number of benzene rings is 6. The maximum atomic E-state index is 6.34. The quantitative estimate of drug-likeness (QED) is 0.248. The lowest BCUT2D eigenvalue weighted by atomic mass is 9.94. The van der Waals surface area contributed by atoms with Gasteiger partial charge in [0.05, 0.1) is 0 Å². The van der Waals surface area contributed by atoms with Crippen molar-refractivity contribution in [2.24, 2.45) is 0 Å². The molecule has 0 N–H and O–H groups in total. The topological polar surface area (TPSA) is 26.3 Å². The molecule has 0 radical (unpaired) electrons. The molecular formula is C36H22O2. The first-order valence-corrected chi connectivity index (χ1v) is 12.8. The van der Waals surface area contributed by atoms with Crippen molar-refractivity contribution in [3.63, 3.8) is 0 Å². The molecule has 0 aliphatic rings. The maximum Gasteiger partial charge on any atom is 0.139 e. The van der Waals surface area contributed by atoms with E-state index in [9.17, 15) is 0 Å². The first-order chi connectivity index (χ1) is 18.8. The Balaban J connectivity index is 1.31. The van der Waals surface area contributed by atoms with Crippen LogP contribution in [0.1, 0.15) is 0 Å². The fraction of sp³-hybridized carbons (Fsp3) is 0. The summed E-state index contributed by atoms with van der Waals surface area (Å²) >= 11 is 0. The van der Waals surface area contributed by atoms with Crippen molar-refractivity contribution in [1.82, 2.24) is 0 Å². The van der Waals surface area contributed by atoms with E-state index < -0.39 is 0 Å². The molecule has 0 unspecified atom stereocenters. The van der Waals surface area contributed by atoms with Crippen molar-refractivity contribution in [2.75, 3.05) is 0 Å². The van der Waals surface area contributed by atoms with Crippen LogP contribution in [0.2, 0.25) is 0 Å². The lowest BCUT2D eigenvalue weighted by molar-refractivity contribution is 0.656. The molecule has 0 spiro atoms. The van der Waals surface area contributed by atoms with Gasteiger partial charge in [-0.05, 0) is 63.7 Å². The van der Waals surface area contributed by atoms with Crippen molar-refractivity contribution < 1.29 is 8.83 Å². The van der Waals surface area contributed by atoms with Crippen molar-refractivity contribution in [3.8, 4) is 33.4 Å². The zero-order valence-electron chi connectivity index (χ0n) is 20.5. The summed E-state index contributed by atoms with van der Waals surface area (Å²) in [5.41, 5.74) is 10.6. The summed E-state index contributed by atoms with van der Waals surface area (Å²) in [5, 5.41) is 4.46. The van der Waals surface area contributed by atoms with E-state index in [-0.39, 0.29) is 0 Å². The molecule has 178 valence electrons. The normalized spacial score (nSPS) is 11.7. The zero-order chi connectivity index (χ0) is 25.1. The Hall–Kier alpha value is -5.08. The van der Waals surface area contributed by atoms with Crippen LogP contribution < -0.4 is 0 Å². The predicted molar refractivity (Wildman–Crippen MR) is 157 cm³/mol. The molecule has 6 aromatic carbocycles. The van der Waals surface area contributed by atoms with Gasteiger partial charge >= 0.3 is 0 Å². The van der Waals surface area contributed by atoms with E-state index in [0.717, 1.165) is 55.0 Å². The summed E-state index contributed by atoms with van der Waals surface area (Å²) in [6, 6.07) is 46.8. The van der Waals surface area contributed by atoms with Crippen LogP contribution in [0.5, 0.6) is 0 Å². The highest BCUT2D eigenvalue weighted by Crippen LogP contribution is 2.41. The van der Waals surface area contributed by atoms with E-state index in [0.29, 0.717) is 0 Å². The fourth-order valence-electron chi connectivity index (χ4n) is 5.66. The molecule has 0 atom stereocenters. The minimum Gasteiger partial charge on any atom is -0.456 e. The SMILES string of the molecule is c1ccc(-c2cccc(-c3cccc(-c4cccc5oc6cc7oc8ccccc8c7cc6c45)c3)c2)cc1. The van der Waals surface area contributed by atoms with Gasteiger partial charge in [0.25, 0.3) is 0 Å². The molecule has 2 heteroatoms. The van der Waals surface area contributed by atoms with Crippen LogP contribution in [-0.4, -0.2) is 0 Å². The molecule has 0 saturated carbocycles. The molecule has 0 saturated heterocycles. The van der Waals surface area contributed by atoms with Crippen LogP contribution >= 0.6 is 0 Å². The molecule has 2 aromatic heterocycles. The highest BCUT2D eigenvalue weighted by Gasteiger charge is 2.16. The maximum absolute atomic E-state index is 6.34. The molecule has 0 aliphatic carbocycles. The van der Waals surface area contributed by atoms with E-state index in [4.69, 9.17) is 8.83 Å². The Morgan fingerprint density at radius 1 is 0.316 bits per heavy atom. The van der Waals surface area contributed by atoms with Gasteiger partial charge in [-0.1, -0.05) is 97.1 Å². The molecule has 8 rings (SSSR count). The number of fused-ring (bicyclic) bond motifs is 6. The van der Waals surface area contributed by atoms with E-state index >= 15 is 0 Å². The molecule has 2 nitrogen and oxygen atoms in total. The van der Waals surface area contributed by atoms with Crippen LogP contribution in [0.25, 0.3) is 77.3 Å².